The SMILES string of the molecule is c1cc2c3ccc4c5ccc6c1c1ccc4c5ccc2c3ccc61. The molecule has 12 bridgehead atoms. The largest absolute Gasteiger partial charge is 0.0531 e. The molecule has 0 radical (unpaired) electrons. The van der Waals surface area contributed by atoms with Crippen LogP contribution in [-0.2, 0) is 0 Å². The number of hydrogen-bond acceptors (Lipinski definition) is 0. The van der Waals surface area contributed by atoms with Crippen LogP contribution in [0.4, 0.5) is 0 Å². The van der Waals surface area contributed by atoms with Crippen LogP contribution in [0.3, 0.4) is 0 Å². The van der Waals surface area contributed by atoms with E-state index < -0.39 is 0 Å². The van der Waals surface area contributed by atoms with Gasteiger partial charge in [-0.2, -0.15) is 0 Å². The Labute approximate surface area is 137 Å². The minimum Gasteiger partial charge on any atom is -0.0531 e. The number of fused-ring (bicyclic) bond motifs is 6. The van der Waals surface area contributed by atoms with E-state index >= 15 is 0 Å². The fourth-order valence-corrected chi connectivity index (χ4v) is 4.71. The average Bonchev–Trinajstić information content (AvgIpc) is 2.60. The van der Waals surface area contributed by atoms with Crippen molar-refractivity contribution in [2.24, 2.45) is 0 Å². The van der Waals surface area contributed by atoms with Crippen LogP contribution >= 0.6 is 0 Å². The second-order valence-electron chi connectivity index (χ2n) is 6.96. The predicted octanol–water partition coefficient (Wildman–Crippen LogP) is 6.92. The van der Waals surface area contributed by atoms with Crippen molar-refractivity contribution in [1.29, 1.82) is 0 Å². The summed E-state index contributed by atoms with van der Waals surface area (Å²) in [7, 11) is 0. The van der Waals surface area contributed by atoms with E-state index in [9.17, 15) is 0 Å². The molecule has 9 rings (SSSR count). The molecule has 0 atom stereocenters. The van der Waals surface area contributed by atoms with Crippen LogP contribution in [-0.4, -0.2) is 0 Å². The van der Waals surface area contributed by atoms with E-state index in [1.54, 1.807) is 0 Å². The molecular weight excluding hydrogens is 288 g/mol. The highest BCUT2D eigenvalue weighted by molar-refractivity contribution is 6.31. The molecule has 0 aliphatic carbocycles. The first-order chi connectivity index (χ1) is 11.9. The van der Waals surface area contributed by atoms with E-state index in [1.807, 2.05) is 0 Å². The highest BCUT2D eigenvalue weighted by Crippen LogP contribution is 2.42. The van der Waals surface area contributed by atoms with Crippen molar-refractivity contribution in [3.05, 3.63) is 72.8 Å². The lowest BCUT2D eigenvalue weighted by Crippen LogP contribution is -1.88. The molecule has 0 aliphatic heterocycles. The topological polar surface area (TPSA) is 0 Å². The fourth-order valence-electron chi connectivity index (χ4n) is 4.71. The van der Waals surface area contributed by atoms with Crippen LogP contribution in [0.2, 0.25) is 0 Å². The summed E-state index contributed by atoms with van der Waals surface area (Å²) in [6.07, 6.45) is 0. The van der Waals surface area contributed by atoms with Gasteiger partial charge < -0.3 is 0 Å². The Balaban J connectivity index is 2.07. The van der Waals surface area contributed by atoms with E-state index in [-0.39, 0.29) is 0 Å². The summed E-state index contributed by atoms with van der Waals surface area (Å²) in [5, 5.41) is 16.4. The lowest BCUT2D eigenvalue weighted by Gasteiger charge is -2.16. The monoisotopic (exact) mass is 300 g/mol. The van der Waals surface area contributed by atoms with Gasteiger partial charge in [0.25, 0.3) is 0 Å². The van der Waals surface area contributed by atoms with E-state index in [0.29, 0.717) is 0 Å². The molecule has 9 aromatic carbocycles. The number of rotatable bonds is 0. The van der Waals surface area contributed by atoms with Crippen molar-refractivity contribution in [3.63, 3.8) is 0 Å². The second kappa shape index (κ2) is 3.52. The summed E-state index contributed by atoms with van der Waals surface area (Å²) >= 11 is 0. The summed E-state index contributed by atoms with van der Waals surface area (Å²) < 4.78 is 0. The van der Waals surface area contributed by atoms with E-state index in [4.69, 9.17) is 0 Å². The van der Waals surface area contributed by atoms with Crippen molar-refractivity contribution in [2.75, 3.05) is 0 Å². The maximum atomic E-state index is 2.30. The molecule has 24 heavy (non-hydrogen) atoms. The van der Waals surface area contributed by atoms with Gasteiger partial charge in [-0.1, -0.05) is 72.8 Å². The third-order valence-electron chi connectivity index (χ3n) is 5.98. The Kier molecular flexibility index (Phi) is 1.67. The average molecular weight is 300 g/mol. The Hall–Kier alpha value is -3.12. The molecular formula is C24H12. The molecule has 0 heterocycles. The van der Waals surface area contributed by atoms with Crippen molar-refractivity contribution in [2.45, 2.75) is 0 Å². The third-order valence-corrected chi connectivity index (χ3v) is 5.98. The Bertz CT molecular complexity index is 1060. The van der Waals surface area contributed by atoms with Gasteiger partial charge in [-0.3, -0.25) is 0 Å². The standard InChI is InChI=1S/C24H12/c1-2-14-17-7-10-23-21-5-3-15-13(1)16-4-6-22(23)24(21)11-8-18(14)20(17)12-9-19(15)16/h1-12H. The minimum absolute atomic E-state index is 1.36. The molecule has 0 heteroatoms. The Morgan fingerprint density at radius 3 is 0.333 bits per heavy atom. The molecule has 0 saturated heterocycles. The second-order valence-corrected chi connectivity index (χ2v) is 6.96. The third kappa shape index (κ3) is 1.08. The molecule has 0 aromatic heterocycles. The molecule has 0 nitrogen and oxygen atoms in total. The molecule has 0 fully saturated rings. The first-order valence-electron chi connectivity index (χ1n) is 8.46. The summed E-state index contributed by atoms with van der Waals surface area (Å²) in [4.78, 5) is 0. The molecule has 0 N–H and O–H groups in total. The molecule has 0 spiro atoms. The lowest BCUT2D eigenvalue weighted by molar-refractivity contribution is 1.80. The van der Waals surface area contributed by atoms with Gasteiger partial charge >= 0.3 is 0 Å². The van der Waals surface area contributed by atoms with Crippen molar-refractivity contribution in [3.8, 4) is 0 Å². The van der Waals surface area contributed by atoms with Crippen LogP contribution in [0.25, 0.3) is 64.6 Å². The van der Waals surface area contributed by atoms with Crippen LogP contribution in [0.5, 0.6) is 0 Å². The van der Waals surface area contributed by atoms with Gasteiger partial charge in [-0.05, 0) is 64.6 Å². The van der Waals surface area contributed by atoms with Gasteiger partial charge in [0.05, 0.1) is 0 Å². The van der Waals surface area contributed by atoms with Crippen LogP contribution in [0.1, 0.15) is 0 Å². The molecule has 0 amide bonds. The first-order valence-corrected chi connectivity index (χ1v) is 8.46. The molecule has 108 valence electrons. The maximum absolute atomic E-state index is 2.30. The smallest absolute Gasteiger partial charge is 0.00987 e. The highest BCUT2D eigenvalue weighted by Gasteiger charge is 2.14. The zero-order valence-corrected chi connectivity index (χ0v) is 12.9. The van der Waals surface area contributed by atoms with Crippen LogP contribution < -0.4 is 0 Å². The van der Waals surface area contributed by atoms with Crippen molar-refractivity contribution in [1.82, 2.24) is 0 Å². The van der Waals surface area contributed by atoms with Crippen molar-refractivity contribution < 1.29 is 0 Å². The van der Waals surface area contributed by atoms with Crippen molar-refractivity contribution >= 4 is 64.6 Å². The zero-order chi connectivity index (χ0) is 15.4. The predicted molar refractivity (Wildman–Crippen MR) is 105 cm³/mol. The molecule has 9 aromatic rings. The maximum Gasteiger partial charge on any atom is -0.00987 e. The van der Waals surface area contributed by atoms with Gasteiger partial charge in [0.15, 0.2) is 0 Å². The minimum atomic E-state index is 1.36. The molecule has 0 unspecified atom stereocenters. The fraction of sp³-hybridized carbons (Fsp3) is 0. The summed E-state index contributed by atoms with van der Waals surface area (Å²) in [5.74, 6) is 0. The Morgan fingerprint density at radius 1 is 0.167 bits per heavy atom. The van der Waals surface area contributed by atoms with Gasteiger partial charge in [0, 0.05) is 0 Å². The summed E-state index contributed by atoms with van der Waals surface area (Å²) in [6, 6.07) is 27.6. The number of hydrogen-bond donors (Lipinski definition) is 0. The normalized spacial score (nSPS) is 13.0. The van der Waals surface area contributed by atoms with Gasteiger partial charge in [0.2, 0.25) is 0 Å². The zero-order valence-electron chi connectivity index (χ0n) is 12.9. The van der Waals surface area contributed by atoms with Crippen LogP contribution in [0.15, 0.2) is 72.8 Å². The van der Waals surface area contributed by atoms with Crippen LogP contribution in [0, 0.1) is 0 Å². The summed E-state index contributed by atoms with van der Waals surface area (Å²) in [6.45, 7) is 0. The Morgan fingerprint density at radius 2 is 0.250 bits per heavy atom. The highest BCUT2D eigenvalue weighted by atomic mass is 14.2. The lowest BCUT2D eigenvalue weighted by atomic mass is 9.88. The quantitative estimate of drug-likeness (QED) is 0.285. The van der Waals surface area contributed by atoms with Gasteiger partial charge in [-0.15, -0.1) is 0 Å². The summed E-state index contributed by atoms with van der Waals surface area (Å²) in [5.41, 5.74) is 0. The first kappa shape index (κ1) is 11.4. The van der Waals surface area contributed by atoms with E-state index in [2.05, 4.69) is 72.8 Å². The molecule has 0 saturated carbocycles. The molecule has 0 aliphatic rings. The van der Waals surface area contributed by atoms with E-state index in [0.717, 1.165) is 0 Å². The van der Waals surface area contributed by atoms with Gasteiger partial charge in [-0.25, -0.2) is 0 Å². The van der Waals surface area contributed by atoms with E-state index in [1.165, 1.54) is 64.6 Å². The van der Waals surface area contributed by atoms with Gasteiger partial charge in [0.1, 0.15) is 0 Å².